The highest BCUT2D eigenvalue weighted by Gasteiger charge is 2.21. The smallest absolute Gasteiger partial charge is 0.108 e. The predicted octanol–water partition coefficient (Wildman–Crippen LogP) is 2.88. The van der Waals surface area contributed by atoms with Gasteiger partial charge >= 0.3 is 0 Å². The summed E-state index contributed by atoms with van der Waals surface area (Å²) in [6.45, 7) is 0.999. The minimum atomic E-state index is 0.467. The molecule has 18 heavy (non-hydrogen) atoms. The zero-order valence-corrected chi connectivity index (χ0v) is 10.4. The summed E-state index contributed by atoms with van der Waals surface area (Å²) in [6, 6.07) is 6.73. The van der Waals surface area contributed by atoms with Gasteiger partial charge in [0.1, 0.15) is 5.76 Å². The van der Waals surface area contributed by atoms with Crippen molar-refractivity contribution in [2.45, 2.75) is 31.7 Å². The van der Waals surface area contributed by atoms with Gasteiger partial charge in [0.25, 0.3) is 0 Å². The van der Waals surface area contributed by atoms with E-state index in [2.05, 4.69) is 28.5 Å². The van der Waals surface area contributed by atoms with E-state index in [0.717, 1.165) is 19.4 Å². The third-order valence-corrected chi connectivity index (χ3v) is 3.61. The van der Waals surface area contributed by atoms with E-state index >= 15 is 0 Å². The lowest BCUT2D eigenvalue weighted by atomic mass is 9.93. The number of fused-ring (bicyclic) bond motifs is 1. The molecular weight excluding hydrogens is 224 g/mol. The molecule has 3 heteroatoms. The minimum absolute atomic E-state index is 0.467. The Labute approximate surface area is 107 Å². The summed E-state index contributed by atoms with van der Waals surface area (Å²) in [5, 5.41) is 3.63. The van der Waals surface area contributed by atoms with Crippen molar-refractivity contribution in [1.29, 1.82) is 0 Å². The lowest BCUT2D eigenvalue weighted by molar-refractivity contribution is 0.413. The molecule has 0 aliphatic heterocycles. The lowest BCUT2D eigenvalue weighted by Gasteiger charge is -2.22. The molecule has 1 atom stereocenters. The molecule has 1 N–H and O–H groups in total. The number of nitrogens with zero attached hydrogens (tertiary/aromatic N) is 1. The fraction of sp³-hybridized carbons (Fsp3) is 0.400. The van der Waals surface area contributed by atoms with Crippen LogP contribution in [0.1, 0.15) is 35.8 Å². The molecule has 0 amide bonds. The Balaban J connectivity index is 1.56. The highest BCUT2D eigenvalue weighted by atomic mass is 16.3. The van der Waals surface area contributed by atoms with Crippen LogP contribution in [0.3, 0.4) is 0 Å². The van der Waals surface area contributed by atoms with Crippen LogP contribution in [-0.2, 0) is 12.8 Å². The van der Waals surface area contributed by atoms with Gasteiger partial charge in [0.15, 0.2) is 0 Å². The van der Waals surface area contributed by atoms with Crippen molar-refractivity contribution in [2.75, 3.05) is 6.54 Å². The largest absolute Gasteiger partial charge is 0.469 e. The lowest BCUT2D eigenvalue weighted by Crippen LogP contribution is -2.26. The Kier molecular flexibility index (Phi) is 3.42. The first-order chi connectivity index (χ1) is 8.93. The van der Waals surface area contributed by atoms with Crippen molar-refractivity contribution in [3.05, 3.63) is 53.7 Å². The van der Waals surface area contributed by atoms with E-state index in [1.165, 1.54) is 29.7 Å². The fourth-order valence-corrected chi connectivity index (χ4v) is 2.64. The first-order valence-corrected chi connectivity index (χ1v) is 6.62. The molecule has 1 unspecified atom stereocenters. The summed E-state index contributed by atoms with van der Waals surface area (Å²) in [6.07, 6.45) is 10.1. The van der Waals surface area contributed by atoms with Crippen molar-refractivity contribution in [3.8, 4) is 0 Å². The third kappa shape index (κ3) is 2.46. The van der Waals surface area contributed by atoms with Gasteiger partial charge in [-0.2, -0.15) is 0 Å². The minimum Gasteiger partial charge on any atom is -0.469 e. The average molecular weight is 242 g/mol. The summed E-state index contributed by atoms with van der Waals surface area (Å²) in [4.78, 5) is 4.03. The summed E-state index contributed by atoms with van der Waals surface area (Å²) in [5.41, 5.74) is 2.69. The van der Waals surface area contributed by atoms with Gasteiger partial charge in [0.2, 0.25) is 0 Å². The Morgan fingerprint density at radius 1 is 1.28 bits per heavy atom. The number of aryl methyl sites for hydroxylation is 1. The zero-order valence-electron chi connectivity index (χ0n) is 10.4. The van der Waals surface area contributed by atoms with Crippen molar-refractivity contribution in [1.82, 2.24) is 10.3 Å². The predicted molar refractivity (Wildman–Crippen MR) is 70.3 cm³/mol. The van der Waals surface area contributed by atoms with E-state index in [4.69, 9.17) is 4.42 Å². The quantitative estimate of drug-likeness (QED) is 0.896. The highest BCUT2D eigenvalue weighted by Crippen LogP contribution is 2.30. The molecule has 2 heterocycles. The van der Waals surface area contributed by atoms with Crippen LogP contribution in [0.2, 0.25) is 0 Å². The second-order valence-corrected chi connectivity index (χ2v) is 4.80. The molecule has 1 aliphatic rings. The molecule has 0 spiro atoms. The molecule has 0 saturated heterocycles. The molecule has 3 rings (SSSR count). The number of hydrogen-bond acceptors (Lipinski definition) is 3. The molecule has 2 aromatic rings. The van der Waals surface area contributed by atoms with Crippen LogP contribution in [0, 0.1) is 0 Å². The molecule has 0 bridgehead atoms. The molecule has 0 saturated carbocycles. The molecule has 1 aliphatic carbocycles. The molecule has 2 aromatic heterocycles. The normalized spacial score (nSPS) is 18.6. The van der Waals surface area contributed by atoms with Gasteiger partial charge in [-0.1, -0.05) is 0 Å². The highest BCUT2D eigenvalue weighted by molar-refractivity contribution is 5.24. The van der Waals surface area contributed by atoms with Crippen LogP contribution in [0.4, 0.5) is 0 Å². The van der Waals surface area contributed by atoms with E-state index in [-0.39, 0.29) is 0 Å². The molecule has 94 valence electrons. The number of rotatable bonds is 4. The van der Waals surface area contributed by atoms with Crippen LogP contribution in [0.15, 0.2) is 41.3 Å². The number of hydrogen-bond donors (Lipinski definition) is 1. The molecule has 0 radical (unpaired) electrons. The number of aromatic nitrogens is 1. The van der Waals surface area contributed by atoms with E-state index in [0.29, 0.717) is 6.04 Å². The topological polar surface area (TPSA) is 38.1 Å². The number of pyridine rings is 1. The van der Waals surface area contributed by atoms with Gasteiger partial charge in [-0.15, -0.1) is 0 Å². The summed E-state index contributed by atoms with van der Waals surface area (Å²) in [7, 11) is 0. The zero-order chi connectivity index (χ0) is 12.2. The number of furan rings is 1. The van der Waals surface area contributed by atoms with Crippen molar-refractivity contribution < 1.29 is 4.42 Å². The molecule has 0 fully saturated rings. The summed E-state index contributed by atoms with van der Waals surface area (Å²) >= 11 is 0. The van der Waals surface area contributed by atoms with Crippen LogP contribution in [-0.4, -0.2) is 11.5 Å². The average Bonchev–Trinajstić information content (AvgIpc) is 2.89. The maximum atomic E-state index is 5.50. The van der Waals surface area contributed by atoms with Crippen molar-refractivity contribution >= 4 is 0 Å². The maximum Gasteiger partial charge on any atom is 0.108 e. The van der Waals surface area contributed by atoms with Crippen LogP contribution < -0.4 is 5.32 Å². The van der Waals surface area contributed by atoms with E-state index in [1.54, 1.807) is 0 Å². The van der Waals surface area contributed by atoms with Crippen LogP contribution in [0.25, 0.3) is 0 Å². The Morgan fingerprint density at radius 2 is 2.17 bits per heavy atom. The first-order valence-electron chi connectivity index (χ1n) is 6.62. The fourth-order valence-electron chi connectivity index (χ4n) is 2.64. The second-order valence-electron chi connectivity index (χ2n) is 4.80. The van der Waals surface area contributed by atoms with Gasteiger partial charge < -0.3 is 9.73 Å². The summed E-state index contributed by atoms with van der Waals surface area (Å²) in [5.74, 6) is 1.17. The van der Waals surface area contributed by atoms with Crippen LogP contribution >= 0.6 is 0 Å². The SMILES string of the molecule is c1cc(CCNC2CCCc3occc32)ccn1. The maximum absolute atomic E-state index is 5.50. The first kappa shape index (κ1) is 11.5. The van der Waals surface area contributed by atoms with Gasteiger partial charge in [-0.3, -0.25) is 4.98 Å². The Bertz CT molecular complexity index is 492. The summed E-state index contributed by atoms with van der Waals surface area (Å²) < 4.78 is 5.50. The molecular formula is C15H18N2O. The third-order valence-electron chi connectivity index (χ3n) is 3.61. The van der Waals surface area contributed by atoms with Gasteiger partial charge in [-0.05, 0) is 49.6 Å². The van der Waals surface area contributed by atoms with E-state index in [9.17, 15) is 0 Å². The standard InChI is InChI=1S/C15H18N2O/c1-2-14(13-7-11-18-15(13)3-1)17-10-6-12-4-8-16-9-5-12/h4-5,7-9,11,14,17H,1-3,6,10H2. The van der Waals surface area contributed by atoms with Gasteiger partial charge in [-0.25, -0.2) is 0 Å². The van der Waals surface area contributed by atoms with Gasteiger partial charge in [0, 0.05) is 30.4 Å². The van der Waals surface area contributed by atoms with Crippen LogP contribution in [0.5, 0.6) is 0 Å². The van der Waals surface area contributed by atoms with E-state index < -0.39 is 0 Å². The monoisotopic (exact) mass is 242 g/mol. The van der Waals surface area contributed by atoms with E-state index in [1.807, 2.05) is 18.7 Å². The number of nitrogens with one attached hydrogen (secondary N) is 1. The van der Waals surface area contributed by atoms with Gasteiger partial charge in [0.05, 0.1) is 6.26 Å². The van der Waals surface area contributed by atoms with Crippen molar-refractivity contribution in [3.63, 3.8) is 0 Å². The molecule has 3 nitrogen and oxygen atoms in total. The Hall–Kier alpha value is -1.61. The second kappa shape index (κ2) is 5.36. The Morgan fingerprint density at radius 3 is 3.06 bits per heavy atom. The molecule has 0 aromatic carbocycles. The van der Waals surface area contributed by atoms with Crippen molar-refractivity contribution in [2.24, 2.45) is 0 Å².